The first-order chi connectivity index (χ1) is 14.7. The summed E-state index contributed by atoms with van der Waals surface area (Å²) in [6.07, 6.45) is -6.31. The van der Waals surface area contributed by atoms with Gasteiger partial charge in [0, 0.05) is 10.9 Å². The number of carbonyl (C=O) groups is 1. The minimum Gasteiger partial charge on any atom is -0.449 e. The van der Waals surface area contributed by atoms with Crippen LogP contribution < -0.4 is 10.5 Å². The third-order valence-corrected chi connectivity index (χ3v) is 4.76. The number of benzene rings is 3. The molecule has 1 aromatic heterocycles. The van der Waals surface area contributed by atoms with Crippen molar-refractivity contribution < 1.29 is 27.8 Å². The van der Waals surface area contributed by atoms with Gasteiger partial charge in [-0.2, -0.15) is 13.2 Å². The molecular formula is C23H15F3N2O3. The van der Waals surface area contributed by atoms with Crippen LogP contribution in [0.15, 0.2) is 72.8 Å². The molecule has 3 N–H and O–H groups in total. The fourth-order valence-corrected chi connectivity index (χ4v) is 3.29. The first-order valence-electron chi connectivity index (χ1n) is 9.11. The maximum absolute atomic E-state index is 13.1. The number of alkyl halides is 3. The molecule has 0 aliphatic rings. The van der Waals surface area contributed by atoms with Crippen LogP contribution >= 0.6 is 0 Å². The molecule has 156 valence electrons. The first kappa shape index (κ1) is 20.2. The highest BCUT2D eigenvalue weighted by atomic mass is 19.4. The molecular weight excluding hydrogens is 409 g/mol. The third kappa shape index (κ3) is 4.00. The van der Waals surface area contributed by atoms with E-state index in [1.807, 2.05) is 42.5 Å². The van der Waals surface area contributed by atoms with Gasteiger partial charge in [-0.3, -0.25) is 0 Å². The molecule has 4 rings (SSSR count). The number of fused-ring (bicyclic) bond motifs is 1. The number of ether oxygens (including phenoxy) is 1. The van der Waals surface area contributed by atoms with E-state index in [-0.39, 0.29) is 28.0 Å². The smallest absolute Gasteiger partial charge is 0.449 e. The van der Waals surface area contributed by atoms with Crippen molar-refractivity contribution in [2.24, 2.45) is 0 Å². The second kappa shape index (κ2) is 7.64. The quantitative estimate of drug-likeness (QED) is 0.381. The summed E-state index contributed by atoms with van der Waals surface area (Å²) in [6.45, 7) is 0. The van der Waals surface area contributed by atoms with Crippen molar-refractivity contribution in [1.29, 1.82) is 0 Å². The molecule has 0 atom stereocenters. The van der Waals surface area contributed by atoms with Crippen LogP contribution in [0.3, 0.4) is 0 Å². The van der Waals surface area contributed by atoms with Gasteiger partial charge in [-0.1, -0.05) is 54.6 Å². The van der Waals surface area contributed by atoms with Crippen LogP contribution in [0.1, 0.15) is 5.56 Å². The van der Waals surface area contributed by atoms with Crippen molar-refractivity contribution in [3.63, 3.8) is 0 Å². The number of nitrogens with two attached hydrogens (primary N) is 1. The molecule has 0 spiro atoms. The number of pyridine rings is 1. The zero-order valence-corrected chi connectivity index (χ0v) is 15.9. The van der Waals surface area contributed by atoms with Crippen LogP contribution in [0.4, 0.5) is 23.7 Å². The predicted molar refractivity (Wildman–Crippen MR) is 111 cm³/mol. The Labute approximate surface area is 174 Å². The fourth-order valence-electron chi connectivity index (χ4n) is 3.29. The lowest BCUT2D eigenvalue weighted by Gasteiger charge is -2.15. The van der Waals surface area contributed by atoms with E-state index in [0.717, 1.165) is 29.3 Å². The van der Waals surface area contributed by atoms with E-state index in [9.17, 15) is 18.0 Å². The molecule has 5 nitrogen and oxygen atoms in total. The van der Waals surface area contributed by atoms with Crippen LogP contribution in [0, 0.1) is 0 Å². The molecule has 31 heavy (non-hydrogen) atoms. The molecule has 0 aliphatic carbocycles. The number of hydrogen-bond donors (Lipinski definition) is 2. The Kier molecular flexibility index (Phi) is 4.98. The molecule has 3 aromatic carbocycles. The SMILES string of the molecule is Nc1c(-c2ccc(-c3ccccc3)cc2)nc2ccc(C(F)(F)F)cc2c1OC(=O)O. The Morgan fingerprint density at radius 1 is 0.903 bits per heavy atom. The Morgan fingerprint density at radius 3 is 2.13 bits per heavy atom. The van der Waals surface area contributed by atoms with Gasteiger partial charge in [-0.25, -0.2) is 9.78 Å². The van der Waals surface area contributed by atoms with E-state index < -0.39 is 17.9 Å². The Morgan fingerprint density at radius 2 is 1.52 bits per heavy atom. The van der Waals surface area contributed by atoms with Gasteiger partial charge < -0.3 is 15.6 Å². The van der Waals surface area contributed by atoms with Gasteiger partial charge in [0.1, 0.15) is 5.69 Å². The molecule has 0 bridgehead atoms. The number of halogens is 3. The molecule has 0 radical (unpaired) electrons. The van der Waals surface area contributed by atoms with E-state index >= 15 is 0 Å². The Bertz CT molecular complexity index is 1270. The van der Waals surface area contributed by atoms with Crippen LogP contribution in [0.5, 0.6) is 5.75 Å². The van der Waals surface area contributed by atoms with Gasteiger partial charge >= 0.3 is 12.3 Å². The average Bonchev–Trinajstić information content (AvgIpc) is 2.75. The molecule has 0 aliphatic heterocycles. The summed E-state index contributed by atoms with van der Waals surface area (Å²) in [6, 6.07) is 19.7. The average molecular weight is 424 g/mol. The van der Waals surface area contributed by atoms with Crippen molar-refractivity contribution in [3.8, 4) is 28.1 Å². The van der Waals surface area contributed by atoms with Crippen LogP contribution in [0.2, 0.25) is 0 Å². The standard InChI is InChI=1S/C23H15F3N2O3/c24-23(25,26)16-10-11-18-17(12-16)21(31-22(29)30)19(27)20(28-18)15-8-6-14(7-9-15)13-4-2-1-3-5-13/h1-12H,27H2,(H,29,30). The van der Waals surface area contributed by atoms with Gasteiger partial charge in [0.05, 0.1) is 16.8 Å². The lowest BCUT2D eigenvalue weighted by atomic mass is 10.0. The molecule has 0 saturated carbocycles. The lowest BCUT2D eigenvalue weighted by molar-refractivity contribution is -0.137. The number of aromatic nitrogens is 1. The minimum absolute atomic E-state index is 0.126. The number of rotatable bonds is 3. The normalized spacial score (nSPS) is 11.5. The largest absolute Gasteiger partial charge is 0.511 e. The molecule has 0 saturated heterocycles. The number of carboxylic acid groups (broad SMARTS) is 1. The van der Waals surface area contributed by atoms with Gasteiger partial charge in [0.2, 0.25) is 0 Å². The second-order valence-electron chi connectivity index (χ2n) is 6.74. The molecule has 1 heterocycles. The summed E-state index contributed by atoms with van der Waals surface area (Å²) in [5.74, 6) is -0.384. The highest BCUT2D eigenvalue weighted by molar-refractivity contribution is 5.97. The Hall–Kier alpha value is -4.07. The highest BCUT2D eigenvalue weighted by Crippen LogP contribution is 2.41. The van der Waals surface area contributed by atoms with E-state index in [4.69, 9.17) is 15.6 Å². The number of hydrogen-bond acceptors (Lipinski definition) is 4. The van der Waals surface area contributed by atoms with Gasteiger partial charge in [0.25, 0.3) is 0 Å². The van der Waals surface area contributed by atoms with E-state index in [1.54, 1.807) is 12.1 Å². The zero-order chi connectivity index (χ0) is 22.2. The van der Waals surface area contributed by atoms with Gasteiger partial charge in [-0.05, 0) is 29.3 Å². The van der Waals surface area contributed by atoms with Crippen molar-refractivity contribution in [2.45, 2.75) is 6.18 Å². The van der Waals surface area contributed by atoms with Crippen molar-refractivity contribution in [1.82, 2.24) is 4.98 Å². The van der Waals surface area contributed by atoms with E-state index in [1.165, 1.54) is 0 Å². The molecule has 4 aromatic rings. The van der Waals surface area contributed by atoms with E-state index in [2.05, 4.69) is 4.98 Å². The predicted octanol–water partition coefficient (Wildman–Crippen LogP) is 6.23. The highest BCUT2D eigenvalue weighted by Gasteiger charge is 2.31. The van der Waals surface area contributed by atoms with Crippen molar-refractivity contribution in [3.05, 3.63) is 78.4 Å². The lowest BCUT2D eigenvalue weighted by Crippen LogP contribution is -2.09. The molecule has 0 unspecified atom stereocenters. The monoisotopic (exact) mass is 424 g/mol. The maximum atomic E-state index is 13.1. The molecule has 0 amide bonds. The second-order valence-corrected chi connectivity index (χ2v) is 6.74. The van der Waals surface area contributed by atoms with Crippen molar-refractivity contribution in [2.75, 3.05) is 5.73 Å². The summed E-state index contributed by atoms with van der Waals surface area (Å²) in [5, 5.41) is 8.94. The maximum Gasteiger partial charge on any atom is 0.511 e. The zero-order valence-electron chi connectivity index (χ0n) is 15.9. The Balaban J connectivity index is 1.86. The summed E-state index contributed by atoms with van der Waals surface area (Å²) in [5.41, 5.74) is 7.83. The first-order valence-corrected chi connectivity index (χ1v) is 9.11. The number of nitrogens with zero attached hydrogens (tertiary/aromatic N) is 1. The fraction of sp³-hybridized carbons (Fsp3) is 0.0435. The van der Waals surface area contributed by atoms with Crippen molar-refractivity contribution >= 4 is 22.7 Å². The number of anilines is 1. The van der Waals surface area contributed by atoms with Crippen LogP contribution in [0.25, 0.3) is 33.3 Å². The number of nitrogen functional groups attached to an aromatic ring is 1. The third-order valence-electron chi connectivity index (χ3n) is 4.76. The minimum atomic E-state index is -4.62. The topological polar surface area (TPSA) is 85.4 Å². The summed E-state index contributed by atoms with van der Waals surface area (Å²) >= 11 is 0. The van der Waals surface area contributed by atoms with Crippen LogP contribution in [-0.2, 0) is 6.18 Å². The molecule has 8 heteroatoms. The summed E-state index contributed by atoms with van der Waals surface area (Å²) < 4.78 is 44.1. The molecule has 0 fully saturated rings. The van der Waals surface area contributed by atoms with Crippen LogP contribution in [-0.4, -0.2) is 16.2 Å². The summed E-state index contributed by atoms with van der Waals surface area (Å²) in [4.78, 5) is 15.5. The van der Waals surface area contributed by atoms with Gasteiger partial charge in [-0.15, -0.1) is 0 Å². The van der Waals surface area contributed by atoms with E-state index in [0.29, 0.717) is 5.56 Å². The van der Waals surface area contributed by atoms with Gasteiger partial charge in [0.15, 0.2) is 5.75 Å². The summed E-state index contributed by atoms with van der Waals surface area (Å²) in [7, 11) is 0.